The lowest BCUT2D eigenvalue weighted by atomic mass is 10.00. The Bertz CT molecular complexity index is 1770. The summed E-state index contributed by atoms with van der Waals surface area (Å²) in [6.45, 7) is 9.47. The fourth-order valence-electron chi connectivity index (χ4n) is 10.9. The lowest BCUT2D eigenvalue weighted by Gasteiger charge is -2.21. The van der Waals surface area contributed by atoms with Gasteiger partial charge >= 0.3 is 39.5 Å². The van der Waals surface area contributed by atoms with E-state index in [2.05, 4.69) is 41.5 Å². The van der Waals surface area contributed by atoms with Gasteiger partial charge in [-0.15, -0.1) is 0 Å². The van der Waals surface area contributed by atoms with Gasteiger partial charge in [0.2, 0.25) is 0 Å². The number of aliphatic hydroxyl groups is 1. The zero-order valence-electron chi connectivity index (χ0n) is 59.1. The Labute approximate surface area is 556 Å². The third kappa shape index (κ3) is 65.1. The highest BCUT2D eigenvalue weighted by molar-refractivity contribution is 7.47. The van der Waals surface area contributed by atoms with Crippen LogP contribution in [0.1, 0.15) is 369 Å². The van der Waals surface area contributed by atoms with E-state index in [1.54, 1.807) is 0 Å². The van der Waals surface area contributed by atoms with E-state index in [4.69, 9.17) is 37.0 Å². The highest BCUT2D eigenvalue weighted by atomic mass is 31.2. The summed E-state index contributed by atoms with van der Waals surface area (Å²) in [4.78, 5) is 72.5. The average molecular weight is 1340 g/mol. The molecule has 0 fully saturated rings. The van der Waals surface area contributed by atoms with Gasteiger partial charge in [-0.25, -0.2) is 9.13 Å². The van der Waals surface area contributed by atoms with Crippen LogP contribution >= 0.6 is 15.6 Å². The molecule has 0 saturated heterocycles. The first-order valence-corrected chi connectivity index (χ1v) is 40.5. The number of hydrogen-bond donors (Lipinski definition) is 3. The Morgan fingerprint density at radius 3 is 0.835 bits per heavy atom. The summed E-state index contributed by atoms with van der Waals surface area (Å²) in [5.41, 5.74) is 0. The normalized spacial score (nSPS) is 14.4. The van der Waals surface area contributed by atoms with Gasteiger partial charge in [-0.3, -0.25) is 37.3 Å². The summed E-state index contributed by atoms with van der Waals surface area (Å²) >= 11 is 0. The largest absolute Gasteiger partial charge is 0.472 e. The monoisotopic (exact) mass is 1340 g/mol. The van der Waals surface area contributed by atoms with Crippen LogP contribution in [0.4, 0.5) is 0 Å². The molecule has 3 unspecified atom stereocenters. The first kappa shape index (κ1) is 89.1. The van der Waals surface area contributed by atoms with E-state index >= 15 is 0 Å². The minimum absolute atomic E-state index is 0.103. The molecule has 0 saturated carbocycles. The summed E-state index contributed by atoms with van der Waals surface area (Å²) in [6, 6.07) is 0. The van der Waals surface area contributed by atoms with Crippen LogP contribution < -0.4 is 0 Å². The van der Waals surface area contributed by atoms with Gasteiger partial charge in [0.15, 0.2) is 12.2 Å². The Balaban J connectivity index is 5.18. The van der Waals surface area contributed by atoms with Crippen LogP contribution in [0.5, 0.6) is 0 Å². The number of phosphoric acid groups is 2. The van der Waals surface area contributed by atoms with E-state index in [1.165, 1.54) is 186 Å². The van der Waals surface area contributed by atoms with E-state index in [1.807, 2.05) is 0 Å². The number of hydrogen-bond acceptors (Lipinski definition) is 15. The fraction of sp³-hybridized carbons (Fsp3) is 0.944. The number of ether oxygens (including phenoxy) is 4. The number of carbonyl (C=O) groups is 4. The summed E-state index contributed by atoms with van der Waals surface area (Å²) in [5.74, 6) is -0.680. The second-order valence-electron chi connectivity index (χ2n) is 26.7. The number of phosphoric ester groups is 2. The minimum Gasteiger partial charge on any atom is -0.462 e. The molecule has 0 aromatic rings. The lowest BCUT2D eigenvalue weighted by molar-refractivity contribution is -0.161. The zero-order chi connectivity index (χ0) is 67.2. The second-order valence-corrected chi connectivity index (χ2v) is 29.6. The summed E-state index contributed by atoms with van der Waals surface area (Å²) in [6.07, 6.45) is 50.2. The number of unbranched alkanes of at least 4 members (excludes halogenated alkanes) is 40. The third-order valence-corrected chi connectivity index (χ3v) is 19.0. The minimum atomic E-state index is -4.95. The van der Waals surface area contributed by atoms with Crippen molar-refractivity contribution in [3.05, 3.63) is 0 Å². The summed E-state index contributed by atoms with van der Waals surface area (Å²) in [7, 11) is -9.90. The van der Waals surface area contributed by atoms with Gasteiger partial charge in [0.05, 0.1) is 26.4 Å². The molecule has 91 heavy (non-hydrogen) atoms. The molecule has 0 amide bonds. The van der Waals surface area contributed by atoms with Crippen molar-refractivity contribution >= 4 is 39.5 Å². The molecule has 0 spiro atoms. The van der Waals surface area contributed by atoms with E-state index in [-0.39, 0.29) is 25.7 Å². The second kappa shape index (κ2) is 64.1. The molecule has 0 aliphatic carbocycles. The Hall–Kier alpha value is -1.94. The number of carbonyl (C=O) groups excluding carboxylic acids is 4. The van der Waals surface area contributed by atoms with Crippen LogP contribution in [-0.2, 0) is 65.4 Å². The predicted octanol–water partition coefficient (Wildman–Crippen LogP) is 20.8. The van der Waals surface area contributed by atoms with Crippen LogP contribution in [-0.4, -0.2) is 96.7 Å². The van der Waals surface area contributed by atoms with Crippen LogP contribution in [0.2, 0.25) is 0 Å². The van der Waals surface area contributed by atoms with Gasteiger partial charge in [0, 0.05) is 25.7 Å². The first-order valence-electron chi connectivity index (χ1n) is 37.5. The maximum atomic E-state index is 13.0. The molecule has 0 rings (SSSR count). The van der Waals surface area contributed by atoms with Crippen LogP contribution in [0.25, 0.3) is 0 Å². The molecule has 3 N–H and O–H groups in total. The van der Waals surface area contributed by atoms with E-state index in [9.17, 15) is 43.2 Å². The quantitative estimate of drug-likeness (QED) is 0.0222. The topological polar surface area (TPSA) is 237 Å². The third-order valence-electron chi connectivity index (χ3n) is 17.1. The van der Waals surface area contributed by atoms with Gasteiger partial charge in [-0.05, 0) is 37.5 Å². The molecule has 0 aliphatic heterocycles. The molecule has 0 aromatic carbocycles. The smallest absolute Gasteiger partial charge is 0.462 e. The molecule has 0 radical (unpaired) electrons. The Morgan fingerprint density at radius 2 is 0.560 bits per heavy atom. The van der Waals surface area contributed by atoms with Crippen molar-refractivity contribution in [3.8, 4) is 0 Å². The molecule has 17 nitrogen and oxygen atoms in total. The molecular formula is C72H140O17P2. The highest BCUT2D eigenvalue weighted by Crippen LogP contribution is 2.45. The molecule has 19 heteroatoms. The summed E-state index contributed by atoms with van der Waals surface area (Å²) < 4.78 is 68.3. The highest BCUT2D eigenvalue weighted by Gasteiger charge is 2.30. The Kier molecular flexibility index (Phi) is 62.7. The van der Waals surface area contributed by atoms with Gasteiger partial charge in [0.1, 0.15) is 19.3 Å². The van der Waals surface area contributed by atoms with Crippen molar-refractivity contribution in [3.63, 3.8) is 0 Å². The van der Waals surface area contributed by atoms with Crippen LogP contribution in [0.3, 0.4) is 0 Å². The van der Waals surface area contributed by atoms with E-state index in [0.717, 1.165) is 102 Å². The molecule has 0 aromatic heterocycles. The summed E-state index contributed by atoms with van der Waals surface area (Å²) in [5, 5.41) is 10.6. The van der Waals surface area contributed by atoms with Crippen LogP contribution in [0, 0.1) is 11.8 Å². The van der Waals surface area contributed by atoms with Crippen molar-refractivity contribution in [2.24, 2.45) is 11.8 Å². The fourth-order valence-corrected chi connectivity index (χ4v) is 12.5. The van der Waals surface area contributed by atoms with Gasteiger partial charge in [-0.2, -0.15) is 0 Å². The predicted molar refractivity (Wildman–Crippen MR) is 368 cm³/mol. The van der Waals surface area contributed by atoms with Gasteiger partial charge in [0.25, 0.3) is 0 Å². The molecule has 0 heterocycles. The first-order chi connectivity index (χ1) is 43.9. The molecule has 0 aliphatic rings. The molecule has 6 atom stereocenters. The standard InChI is InChI=1S/C72H140O17P2/c1-7-10-12-14-16-18-20-21-22-23-24-25-26-27-28-29-31-37-44-50-56-71(76)88-67(60-83-70(75)55-49-43-36-33-32-34-40-46-52-64(4)5)62-86-90(78,79)84-58-66(73)59-85-91(80,81)87-63-68(89-72(77)57-51-45-39-38-41-47-53-65(6)9-3)61-82-69(74)54-48-42-35-30-19-17-15-13-11-8-2/h64-68,73H,7-63H2,1-6H3,(H,78,79)(H,80,81)/t65?,66-,67-,68-/m1/s1. The van der Waals surface area contributed by atoms with E-state index in [0.29, 0.717) is 25.7 Å². The average Bonchev–Trinajstić information content (AvgIpc) is 3.07. The van der Waals surface area contributed by atoms with Crippen molar-refractivity contribution in [2.75, 3.05) is 39.6 Å². The van der Waals surface area contributed by atoms with Gasteiger partial charge < -0.3 is 33.8 Å². The van der Waals surface area contributed by atoms with Crippen LogP contribution in [0.15, 0.2) is 0 Å². The zero-order valence-corrected chi connectivity index (χ0v) is 60.9. The SMILES string of the molecule is CCCCCCCCCCCCCCCCCCCCCCC(=O)O[C@H](COC(=O)CCCCCCCCCCC(C)C)COP(=O)(O)OC[C@@H](O)COP(=O)(O)OC[C@@H](COC(=O)CCCCCCCCCCCC)OC(=O)CCCCCCCCC(C)CC. The maximum absolute atomic E-state index is 13.0. The number of esters is 4. The van der Waals surface area contributed by atoms with Crippen molar-refractivity contribution in [1.82, 2.24) is 0 Å². The number of rotatable bonds is 71. The van der Waals surface area contributed by atoms with Gasteiger partial charge in [-0.1, -0.05) is 318 Å². The Morgan fingerprint density at radius 1 is 0.319 bits per heavy atom. The van der Waals surface area contributed by atoms with Crippen molar-refractivity contribution < 1.29 is 80.2 Å². The maximum Gasteiger partial charge on any atom is 0.472 e. The number of aliphatic hydroxyl groups excluding tert-OH is 1. The lowest BCUT2D eigenvalue weighted by Crippen LogP contribution is -2.30. The molecular weight excluding hydrogens is 1200 g/mol. The van der Waals surface area contributed by atoms with Crippen molar-refractivity contribution in [2.45, 2.75) is 387 Å². The molecule has 0 bridgehead atoms. The van der Waals surface area contributed by atoms with Crippen molar-refractivity contribution in [1.29, 1.82) is 0 Å². The van der Waals surface area contributed by atoms with E-state index < -0.39 is 97.5 Å². The molecule has 540 valence electrons.